The van der Waals surface area contributed by atoms with Crippen molar-refractivity contribution >= 4 is 34.9 Å². The number of nitrogens with zero attached hydrogens (tertiary/aromatic N) is 2. The molecule has 1 atom stereocenters. The number of halogens is 1. The van der Waals surface area contributed by atoms with Crippen LogP contribution in [0, 0.1) is 5.82 Å². The van der Waals surface area contributed by atoms with Crippen molar-refractivity contribution in [3.63, 3.8) is 0 Å². The number of rotatable bonds is 5. The normalized spacial score (nSPS) is 20.8. The van der Waals surface area contributed by atoms with Crippen molar-refractivity contribution in [2.75, 3.05) is 45.0 Å². The minimum atomic E-state index is -0.260. The maximum Gasteiger partial charge on any atom is 0.264 e. The molecule has 1 N–H and O–H groups in total. The lowest BCUT2D eigenvalue weighted by atomic mass is 10.2. The van der Waals surface area contributed by atoms with Gasteiger partial charge in [-0.15, -0.1) is 23.1 Å². The zero-order valence-corrected chi connectivity index (χ0v) is 17.1. The van der Waals surface area contributed by atoms with E-state index in [1.807, 2.05) is 27.3 Å². The lowest BCUT2D eigenvalue weighted by molar-refractivity contribution is -0.903. The third-order valence-electron chi connectivity index (χ3n) is 5.32. The van der Waals surface area contributed by atoms with Crippen molar-refractivity contribution in [1.82, 2.24) is 9.80 Å². The molecule has 5 nitrogen and oxygen atoms in total. The van der Waals surface area contributed by atoms with Gasteiger partial charge >= 0.3 is 0 Å². The third-order valence-corrected chi connectivity index (χ3v) is 7.43. The summed E-state index contributed by atoms with van der Waals surface area (Å²) in [5, 5.41) is 1.89. The van der Waals surface area contributed by atoms with E-state index in [2.05, 4.69) is 0 Å². The van der Waals surface area contributed by atoms with Gasteiger partial charge in [-0.25, -0.2) is 4.39 Å². The fraction of sp³-hybridized carbons (Fsp3) is 0.400. The Kier molecular flexibility index (Phi) is 5.99. The van der Waals surface area contributed by atoms with Crippen LogP contribution in [-0.2, 0) is 4.79 Å². The van der Waals surface area contributed by atoms with Crippen LogP contribution >= 0.6 is 23.1 Å². The molecule has 148 valence electrons. The topological polar surface area (TPSA) is 45.1 Å². The van der Waals surface area contributed by atoms with E-state index in [4.69, 9.17) is 0 Å². The second-order valence-corrected chi connectivity index (χ2v) is 9.09. The third kappa shape index (κ3) is 4.24. The predicted molar refractivity (Wildman–Crippen MR) is 109 cm³/mol. The van der Waals surface area contributed by atoms with Crippen LogP contribution in [0.4, 0.5) is 4.39 Å². The molecule has 2 aliphatic rings. The lowest BCUT2D eigenvalue weighted by Crippen LogP contribution is -3.15. The maximum atomic E-state index is 13.2. The van der Waals surface area contributed by atoms with Crippen LogP contribution in [0.15, 0.2) is 41.8 Å². The van der Waals surface area contributed by atoms with Gasteiger partial charge in [-0.05, 0) is 29.1 Å². The van der Waals surface area contributed by atoms with Crippen LogP contribution in [0.3, 0.4) is 0 Å². The van der Waals surface area contributed by atoms with E-state index in [1.165, 1.54) is 28.4 Å². The molecule has 28 heavy (non-hydrogen) atoms. The van der Waals surface area contributed by atoms with Gasteiger partial charge in [0.1, 0.15) is 11.2 Å². The van der Waals surface area contributed by atoms with Crippen molar-refractivity contribution in [3.8, 4) is 0 Å². The largest absolute Gasteiger partial charge is 0.331 e. The standard InChI is InChI=1S/C20H22FN3O2S2/c21-16-5-3-15(4-6-16)20-24(18(25)14-28-20)12-9-22-7-10-23(11-8-22)19(26)17-2-1-13-27-17/h1-6,13,20H,7-12,14H2/p+1/t20-/m0/s1. The van der Waals surface area contributed by atoms with Crippen LogP contribution in [0.25, 0.3) is 0 Å². The number of thiophene rings is 1. The molecule has 8 heteroatoms. The highest BCUT2D eigenvalue weighted by molar-refractivity contribution is 8.00. The average molecular weight is 421 g/mol. The second-order valence-electron chi connectivity index (χ2n) is 7.07. The Balaban J connectivity index is 1.30. The number of piperazine rings is 1. The van der Waals surface area contributed by atoms with E-state index in [-0.39, 0.29) is 23.0 Å². The van der Waals surface area contributed by atoms with Crippen molar-refractivity contribution in [1.29, 1.82) is 0 Å². The molecule has 2 aliphatic heterocycles. The Bertz CT molecular complexity index is 820. The number of amides is 2. The Morgan fingerprint density at radius 1 is 1.18 bits per heavy atom. The monoisotopic (exact) mass is 420 g/mol. The van der Waals surface area contributed by atoms with Crippen molar-refractivity contribution < 1.29 is 18.9 Å². The molecular weight excluding hydrogens is 397 g/mol. The van der Waals surface area contributed by atoms with Gasteiger partial charge in [0.25, 0.3) is 5.91 Å². The summed E-state index contributed by atoms with van der Waals surface area (Å²) in [4.78, 5) is 30.8. The molecule has 3 heterocycles. The van der Waals surface area contributed by atoms with Crippen LogP contribution in [0.2, 0.25) is 0 Å². The molecule has 0 bridgehead atoms. The number of hydrogen-bond acceptors (Lipinski definition) is 4. The molecular formula is C20H23FN3O2S2+. The van der Waals surface area contributed by atoms with Gasteiger partial charge in [-0.3, -0.25) is 9.59 Å². The molecule has 1 aromatic carbocycles. The highest BCUT2D eigenvalue weighted by Crippen LogP contribution is 2.38. The fourth-order valence-corrected chi connectivity index (χ4v) is 5.62. The number of quaternary nitrogens is 1. The van der Waals surface area contributed by atoms with Crippen molar-refractivity contribution in [3.05, 3.63) is 58.0 Å². The zero-order chi connectivity index (χ0) is 19.5. The summed E-state index contributed by atoms with van der Waals surface area (Å²) in [6, 6.07) is 10.2. The van der Waals surface area contributed by atoms with Crippen LogP contribution < -0.4 is 4.90 Å². The molecule has 2 saturated heterocycles. The molecule has 2 aromatic rings. The number of benzene rings is 1. The molecule has 0 radical (unpaired) electrons. The van der Waals surface area contributed by atoms with Crippen molar-refractivity contribution in [2.24, 2.45) is 0 Å². The maximum absolute atomic E-state index is 13.2. The quantitative estimate of drug-likeness (QED) is 0.798. The number of hydrogen-bond donors (Lipinski definition) is 1. The Morgan fingerprint density at radius 2 is 1.93 bits per heavy atom. The first-order valence-corrected chi connectivity index (χ1v) is 11.4. The highest BCUT2D eigenvalue weighted by atomic mass is 32.2. The van der Waals surface area contributed by atoms with Gasteiger partial charge in [0.15, 0.2) is 0 Å². The predicted octanol–water partition coefficient (Wildman–Crippen LogP) is 1.50. The van der Waals surface area contributed by atoms with E-state index >= 15 is 0 Å². The van der Waals surface area contributed by atoms with E-state index in [1.54, 1.807) is 23.9 Å². The number of carbonyl (C=O) groups excluding carboxylic acids is 2. The average Bonchev–Trinajstić information content (AvgIpc) is 3.37. The Labute approximate surface area is 172 Å². The Hall–Kier alpha value is -1.90. The van der Waals surface area contributed by atoms with Crippen LogP contribution in [-0.4, -0.2) is 66.6 Å². The molecule has 0 unspecified atom stereocenters. The second kappa shape index (κ2) is 8.63. The molecule has 2 amide bonds. The first-order valence-electron chi connectivity index (χ1n) is 9.45. The summed E-state index contributed by atoms with van der Waals surface area (Å²) < 4.78 is 13.2. The molecule has 0 spiro atoms. The zero-order valence-electron chi connectivity index (χ0n) is 15.5. The first kappa shape index (κ1) is 19.4. The summed E-state index contributed by atoms with van der Waals surface area (Å²) in [7, 11) is 0. The van der Waals surface area contributed by atoms with E-state index in [0.29, 0.717) is 12.3 Å². The van der Waals surface area contributed by atoms with Gasteiger partial charge in [0.05, 0.1) is 49.9 Å². The summed E-state index contributed by atoms with van der Waals surface area (Å²) in [5.41, 5.74) is 0.971. The van der Waals surface area contributed by atoms with Gasteiger partial charge < -0.3 is 14.7 Å². The van der Waals surface area contributed by atoms with Gasteiger partial charge in [0, 0.05) is 0 Å². The number of carbonyl (C=O) groups is 2. The van der Waals surface area contributed by atoms with Crippen LogP contribution in [0.5, 0.6) is 0 Å². The molecule has 1 aromatic heterocycles. The fourth-order valence-electron chi connectivity index (χ4n) is 3.71. The van der Waals surface area contributed by atoms with E-state index in [9.17, 15) is 14.0 Å². The van der Waals surface area contributed by atoms with Gasteiger partial charge in [-0.2, -0.15) is 0 Å². The minimum Gasteiger partial charge on any atom is -0.331 e. The summed E-state index contributed by atoms with van der Waals surface area (Å²) >= 11 is 3.08. The lowest BCUT2D eigenvalue weighted by Gasteiger charge is -2.33. The smallest absolute Gasteiger partial charge is 0.264 e. The first-order chi connectivity index (χ1) is 13.6. The molecule has 4 rings (SSSR count). The summed E-state index contributed by atoms with van der Waals surface area (Å²) in [6.45, 7) is 4.83. The van der Waals surface area contributed by atoms with Gasteiger partial charge in [0.2, 0.25) is 5.91 Å². The molecule has 2 fully saturated rings. The molecule has 0 saturated carbocycles. The van der Waals surface area contributed by atoms with E-state index in [0.717, 1.165) is 43.2 Å². The SMILES string of the molecule is O=C(c1cccs1)N1CC[NH+](CCN2C(=O)CS[C@H]2c2ccc(F)cc2)CC1. The Morgan fingerprint density at radius 3 is 2.61 bits per heavy atom. The van der Waals surface area contributed by atoms with E-state index < -0.39 is 0 Å². The molecule has 0 aliphatic carbocycles. The van der Waals surface area contributed by atoms with Gasteiger partial charge in [-0.1, -0.05) is 18.2 Å². The van der Waals surface area contributed by atoms with Crippen molar-refractivity contribution in [2.45, 2.75) is 5.37 Å². The summed E-state index contributed by atoms with van der Waals surface area (Å²) in [5.74, 6) is 0.478. The summed E-state index contributed by atoms with van der Waals surface area (Å²) in [6.07, 6.45) is 0. The number of nitrogens with one attached hydrogen (secondary N) is 1. The highest BCUT2D eigenvalue weighted by Gasteiger charge is 2.34. The minimum absolute atomic E-state index is 0.0332. The number of thioether (sulfide) groups is 1. The van der Waals surface area contributed by atoms with Crippen LogP contribution in [0.1, 0.15) is 20.6 Å².